The van der Waals surface area contributed by atoms with Crippen molar-refractivity contribution in [2.75, 3.05) is 24.6 Å². The number of carbonyl (C=O) groups is 1. The van der Waals surface area contributed by atoms with E-state index >= 15 is 0 Å². The zero-order chi connectivity index (χ0) is 17.7. The molecule has 1 aromatic carbocycles. The number of rotatable bonds is 5. The third-order valence-corrected chi connectivity index (χ3v) is 3.61. The summed E-state index contributed by atoms with van der Waals surface area (Å²) in [5.74, 6) is -0.101. The molecule has 0 aromatic heterocycles. The minimum atomic E-state index is -4.37. The fourth-order valence-corrected chi connectivity index (χ4v) is 2.42. The second-order valence-corrected chi connectivity index (χ2v) is 6.25. The molecule has 1 saturated heterocycles. The first-order chi connectivity index (χ1) is 11.2. The summed E-state index contributed by atoms with van der Waals surface area (Å²) < 4.78 is 41.6. The zero-order valence-electron chi connectivity index (χ0n) is 13.7. The summed E-state index contributed by atoms with van der Waals surface area (Å²) in [7, 11) is 0. The van der Waals surface area contributed by atoms with Gasteiger partial charge in [-0.1, -0.05) is 13.8 Å². The Morgan fingerprint density at radius 3 is 2.62 bits per heavy atom. The fraction of sp³-hybridized carbons (Fsp3) is 0.529. The van der Waals surface area contributed by atoms with Crippen LogP contribution in [0.25, 0.3) is 0 Å². The third-order valence-electron chi connectivity index (χ3n) is 3.61. The molecule has 2 rings (SSSR count). The number of alkyl halides is 3. The van der Waals surface area contributed by atoms with Gasteiger partial charge in [-0.3, -0.25) is 4.99 Å². The number of anilines is 1. The highest BCUT2D eigenvalue weighted by Crippen LogP contribution is 2.23. The van der Waals surface area contributed by atoms with Crippen molar-refractivity contribution in [3.05, 3.63) is 29.8 Å². The van der Waals surface area contributed by atoms with Gasteiger partial charge in [0.25, 0.3) is 0 Å². The highest BCUT2D eigenvalue weighted by Gasteiger charge is 2.27. The van der Waals surface area contributed by atoms with Crippen LogP contribution in [-0.2, 0) is 4.74 Å². The largest absolute Gasteiger partial charge is 0.462 e. The van der Waals surface area contributed by atoms with E-state index in [1.165, 1.54) is 0 Å². The van der Waals surface area contributed by atoms with Gasteiger partial charge >= 0.3 is 12.1 Å². The van der Waals surface area contributed by atoms with E-state index in [2.05, 4.69) is 4.99 Å². The Bertz CT molecular complexity index is 582. The second-order valence-electron chi connectivity index (χ2n) is 6.25. The van der Waals surface area contributed by atoms with E-state index in [4.69, 9.17) is 4.74 Å². The number of aliphatic imine (C=N–C) groups is 1. The molecule has 0 N–H and O–H groups in total. The fourth-order valence-electron chi connectivity index (χ4n) is 2.42. The maximum Gasteiger partial charge on any atom is 0.426 e. The number of benzene rings is 1. The van der Waals surface area contributed by atoms with E-state index in [9.17, 15) is 18.0 Å². The summed E-state index contributed by atoms with van der Waals surface area (Å²) in [6.07, 6.45) is -3.73. The van der Waals surface area contributed by atoms with E-state index in [1.807, 2.05) is 18.7 Å². The average Bonchev–Trinajstić information content (AvgIpc) is 2.99. The Kier molecular flexibility index (Phi) is 5.85. The maximum atomic E-state index is 12.2. The lowest BCUT2D eigenvalue weighted by Gasteiger charge is -2.18. The number of halogens is 3. The predicted molar refractivity (Wildman–Crippen MR) is 86.7 cm³/mol. The standard InChI is InChI=1S/C17H21F3N2O2/c1-12(2)10-24-16(23)13-3-5-15(6-4-13)22-8-7-14(9-22)21-11-17(18,19)20/h3-6,11-12,14H,7-10H2,1-2H3. The molecule has 1 atom stereocenters. The van der Waals surface area contributed by atoms with E-state index in [-0.39, 0.29) is 24.1 Å². The number of carbonyl (C=O) groups excluding carboxylic acids is 1. The van der Waals surface area contributed by atoms with Gasteiger partial charge < -0.3 is 9.64 Å². The van der Waals surface area contributed by atoms with Crippen LogP contribution < -0.4 is 4.90 Å². The lowest BCUT2D eigenvalue weighted by Crippen LogP contribution is -2.21. The van der Waals surface area contributed by atoms with Crippen molar-refractivity contribution in [3.63, 3.8) is 0 Å². The van der Waals surface area contributed by atoms with Crippen LogP contribution in [-0.4, -0.2) is 44.1 Å². The number of esters is 1. The van der Waals surface area contributed by atoms with Gasteiger partial charge in [-0.25, -0.2) is 4.79 Å². The number of hydrogen-bond acceptors (Lipinski definition) is 4. The minimum absolute atomic E-state index is 0.0645. The molecule has 4 nitrogen and oxygen atoms in total. The quantitative estimate of drug-likeness (QED) is 0.605. The molecule has 0 aliphatic carbocycles. The lowest BCUT2D eigenvalue weighted by atomic mass is 10.2. The van der Waals surface area contributed by atoms with E-state index in [1.54, 1.807) is 24.3 Å². The Morgan fingerprint density at radius 1 is 1.38 bits per heavy atom. The molecule has 1 unspecified atom stereocenters. The normalized spacial score (nSPS) is 18.6. The molecule has 0 spiro atoms. The van der Waals surface area contributed by atoms with Gasteiger partial charge in [0.2, 0.25) is 0 Å². The average molecular weight is 342 g/mol. The molecule has 1 aliphatic heterocycles. The topological polar surface area (TPSA) is 41.9 Å². The van der Waals surface area contributed by atoms with Crippen LogP contribution in [0.3, 0.4) is 0 Å². The first kappa shape index (κ1) is 18.3. The summed E-state index contributed by atoms with van der Waals surface area (Å²) in [6, 6.07) is 6.54. The smallest absolute Gasteiger partial charge is 0.426 e. The van der Waals surface area contributed by atoms with Crippen molar-refractivity contribution < 1.29 is 22.7 Å². The monoisotopic (exact) mass is 342 g/mol. The van der Waals surface area contributed by atoms with E-state index in [0.717, 1.165) is 5.69 Å². The van der Waals surface area contributed by atoms with Gasteiger partial charge in [0.1, 0.15) is 6.21 Å². The first-order valence-corrected chi connectivity index (χ1v) is 7.88. The summed E-state index contributed by atoms with van der Waals surface area (Å²) in [6.45, 7) is 5.36. The van der Waals surface area contributed by atoms with Crippen molar-refractivity contribution in [1.82, 2.24) is 0 Å². The van der Waals surface area contributed by atoms with Crippen molar-refractivity contribution in [1.29, 1.82) is 0 Å². The molecule has 0 bridgehead atoms. The predicted octanol–water partition coefficient (Wildman–Crippen LogP) is 3.71. The zero-order valence-corrected chi connectivity index (χ0v) is 13.7. The molecular weight excluding hydrogens is 321 g/mol. The van der Waals surface area contributed by atoms with Crippen LogP contribution in [0.2, 0.25) is 0 Å². The Morgan fingerprint density at radius 2 is 2.04 bits per heavy atom. The molecule has 0 radical (unpaired) electrons. The highest BCUT2D eigenvalue weighted by atomic mass is 19.4. The van der Waals surface area contributed by atoms with Crippen molar-refractivity contribution in [3.8, 4) is 0 Å². The number of hydrogen-bond donors (Lipinski definition) is 0. The molecule has 1 heterocycles. The minimum Gasteiger partial charge on any atom is -0.462 e. The summed E-state index contributed by atoms with van der Waals surface area (Å²) in [5, 5.41) is 0. The van der Waals surface area contributed by atoms with Crippen LogP contribution in [0.15, 0.2) is 29.3 Å². The molecule has 132 valence electrons. The Hall–Kier alpha value is -2.05. The van der Waals surface area contributed by atoms with Gasteiger partial charge in [-0.2, -0.15) is 13.2 Å². The molecule has 0 saturated carbocycles. The third kappa shape index (κ3) is 5.54. The van der Waals surface area contributed by atoms with Crippen molar-refractivity contribution in [2.24, 2.45) is 10.9 Å². The van der Waals surface area contributed by atoms with Crippen LogP contribution in [0.1, 0.15) is 30.6 Å². The van der Waals surface area contributed by atoms with Gasteiger partial charge in [-0.15, -0.1) is 0 Å². The summed E-state index contributed by atoms with van der Waals surface area (Å²) in [5.41, 5.74) is 1.32. The molecular formula is C17H21F3N2O2. The van der Waals surface area contributed by atoms with Crippen LogP contribution >= 0.6 is 0 Å². The van der Waals surface area contributed by atoms with Gasteiger partial charge in [-0.05, 0) is 36.6 Å². The second kappa shape index (κ2) is 7.68. The van der Waals surface area contributed by atoms with Crippen molar-refractivity contribution >= 4 is 17.9 Å². The summed E-state index contributed by atoms with van der Waals surface area (Å²) >= 11 is 0. The summed E-state index contributed by atoms with van der Waals surface area (Å²) in [4.78, 5) is 17.4. The number of nitrogens with zero attached hydrogens (tertiary/aromatic N) is 2. The van der Waals surface area contributed by atoms with E-state index in [0.29, 0.717) is 31.7 Å². The van der Waals surface area contributed by atoms with Crippen LogP contribution in [0.5, 0.6) is 0 Å². The molecule has 24 heavy (non-hydrogen) atoms. The van der Waals surface area contributed by atoms with Gasteiger partial charge in [0.15, 0.2) is 0 Å². The molecule has 1 aliphatic rings. The Labute approximate surface area is 139 Å². The first-order valence-electron chi connectivity index (χ1n) is 7.88. The molecule has 7 heteroatoms. The maximum absolute atomic E-state index is 12.2. The highest BCUT2D eigenvalue weighted by molar-refractivity contribution is 5.89. The van der Waals surface area contributed by atoms with Crippen LogP contribution in [0, 0.1) is 5.92 Å². The SMILES string of the molecule is CC(C)COC(=O)c1ccc(N2CCC(N=CC(F)(F)F)C2)cc1. The van der Waals surface area contributed by atoms with Gasteiger partial charge in [0, 0.05) is 18.8 Å². The molecule has 1 fully saturated rings. The van der Waals surface area contributed by atoms with E-state index < -0.39 is 6.18 Å². The molecule has 1 aromatic rings. The van der Waals surface area contributed by atoms with Crippen molar-refractivity contribution in [2.45, 2.75) is 32.5 Å². The molecule has 0 amide bonds. The lowest BCUT2D eigenvalue weighted by molar-refractivity contribution is -0.0538. The Balaban J connectivity index is 1.92. The van der Waals surface area contributed by atoms with Gasteiger partial charge in [0.05, 0.1) is 18.2 Å². The number of ether oxygens (including phenoxy) is 1. The van der Waals surface area contributed by atoms with Crippen LogP contribution in [0.4, 0.5) is 18.9 Å².